The summed E-state index contributed by atoms with van der Waals surface area (Å²) in [5.74, 6) is 1.37. The molecule has 0 bridgehead atoms. The second kappa shape index (κ2) is 8.19. The average Bonchev–Trinajstić information content (AvgIpc) is 3.27. The Morgan fingerprint density at radius 3 is 2.57 bits per heavy atom. The Labute approximate surface area is 174 Å². The lowest BCUT2D eigenvalue weighted by molar-refractivity contribution is -0.665. The van der Waals surface area contributed by atoms with Gasteiger partial charge in [0, 0.05) is 26.1 Å². The number of aryl methyl sites for hydroxylation is 2. The number of fused-ring (bicyclic) bond motifs is 1. The van der Waals surface area contributed by atoms with Crippen molar-refractivity contribution >= 4 is 40.2 Å². The van der Waals surface area contributed by atoms with Crippen LogP contribution in [0.15, 0.2) is 18.2 Å². The maximum Gasteiger partial charge on any atom is 0.336 e. The van der Waals surface area contributed by atoms with Gasteiger partial charge in [0.25, 0.3) is 5.52 Å². The number of para-hydroxylation sites is 1. The molecule has 3 aromatic rings. The minimum atomic E-state index is 0.536. The van der Waals surface area contributed by atoms with Gasteiger partial charge in [-0.2, -0.15) is 4.98 Å². The Hall–Kier alpha value is -1.96. The van der Waals surface area contributed by atoms with Gasteiger partial charge in [0.05, 0.1) is 17.1 Å². The normalized spacial score (nSPS) is 14.9. The van der Waals surface area contributed by atoms with Crippen molar-refractivity contribution in [1.82, 2.24) is 25.2 Å². The maximum atomic E-state index is 6.42. The fraction of sp³-hybridized carbons (Fsp3) is 0.474. The van der Waals surface area contributed by atoms with Gasteiger partial charge in [-0.15, -0.1) is 4.68 Å². The lowest BCUT2D eigenvalue weighted by atomic mass is 10.2. The fourth-order valence-corrected chi connectivity index (χ4v) is 4.33. The lowest BCUT2D eigenvalue weighted by Crippen LogP contribution is -2.41. The highest BCUT2D eigenvalue weighted by atomic mass is 35.5. The lowest BCUT2D eigenvalue weighted by Gasteiger charge is -2.12. The van der Waals surface area contributed by atoms with Gasteiger partial charge in [-0.05, 0) is 30.1 Å². The third-order valence-corrected chi connectivity index (χ3v) is 5.68. The minimum absolute atomic E-state index is 0.536. The summed E-state index contributed by atoms with van der Waals surface area (Å²) in [7, 11) is 1.84. The zero-order chi connectivity index (χ0) is 19.7. The molecule has 4 rings (SSSR count). The van der Waals surface area contributed by atoms with E-state index in [9.17, 15) is 0 Å². The summed E-state index contributed by atoms with van der Waals surface area (Å²) in [6.07, 6.45) is 5.20. The molecule has 0 saturated heterocycles. The van der Waals surface area contributed by atoms with E-state index in [-0.39, 0.29) is 0 Å². The van der Waals surface area contributed by atoms with Crippen molar-refractivity contribution in [3.05, 3.63) is 34.1 Å². The molecule has 0 atom stereocenters. The van der Waals surface area contributed by atoms with Crippen LogP contribution in [0.5, 0.6) is 0 Å². The Morgan fingerprint density at radius 2 is 1.86 bits per heavy atom. The van der Waals surface area contributed by atoms with Gasteiger partial charge in [0.1, 0.15) is 0 Å². The fourth-order valence-electron chi connectivity index (χ4n) is 3.77. The molecule has 9 heteroatoms. The number of nitrogens with one attached hydrogen (secondary N) is 2. The Balaban J connectivity index is 1.64. The molecular weight excluding hydrogens is 397 g/mol. The van der Waals surface area contributed by atoms with Gasteiger partial charge >= 0.3 is 5.65 Å². The molecule has 1 fully saturated rings. The van der Waals surface area contributed by atoms with Gasteiger partial charge in [-0.1, -0.05) is 51.9 Å². The molecule has 2 heterocycles. The molecule has 0 spiro atoms. The van der Waals surface area contributed by atoms with Crippen LogP contribution in [0.4, 0.5) is 5.82 Å². The summed E-state index contributed by atoms with van der Waals surface area (Å²) in [4.78, 5) is 10.8. The number of hydrogen-bond acceptors (Lipinski definition) is 5. The highest BCUT2D eigenvalue weighted by Gasteiger charge is 2.27. The Kier molecular flexibility index (Phi) is 5.66. The van der Waals surface area contributed by atoms with Gasteiger partial charge < -0.3 is 10.6 Å². The van der Waals surface area contributed by atoms with E-state index >= 15 is 0 Å². The number of anilines is 1. The Bertz CT molecular complexity index is 975. The monoisotopic (exact) mass is 420 g/mol. The van der Waals surface area contributed by atoms with Crippen molar-refractivity contribution < 1.29 is 4.68 Å². The largest absolute Gasteiger partial charge is 0.365 e. The first-order valence-corrected chi connectivity index (χ1v) is 10.4. The SMILES string of the molecule is Cc1nc(NCCNC2CCCC2)c2nn(C)[n+](-c3c(Cl)cccc3Cl)c2n1. The van der Waals surface area contributed by atoms with Crippen LogP contribution in [-0.2, 0) is 7.05 Å². The van der Waals surface area contributed by atoms with E-state index in [0.29, 0.717) is 44.6 Å². The molecule has 0 amide bonds. The molecule has 28 heavy (non-hydrogen) atoms. The second-order valence-corrected chi connectivity index (χ2v) is 7.94. The summed E-state index contributed by atoms with van der Waals surface area (Å²) in [6, 6.07) is 6.07. The first kappa shape index (κ1) is 19.4. The highest BCUT2D eigenvalue weighted by Crippen LogP contribution is 2.26. The van der Waals surface area contributed by atoms with Crippen LogP contribution in [0, 0.1) is 6.92 Å². The van der Waals surface area contributed by atoms with Crippen molar-refractivity contribution in [3.8, 4) is 5.69 Å². The number of benzene rings is 1. The molecular formula is C19H24Cl2N7+. The van der Waals surface area contributed by atoms with Crippen LogP contribution in [0.2, 0.25) is 10.0 Å². The van der Waals surface area contributed by atoms with Gasteiger partial charge in [-0.25, -0.2) is 0 Å². The molecule has 7 nitrogen and oxygen atoms in total. The molecule has 1 aromatic carbocycles. The van der Waals surface area contributed by atoms with E-state index in [2.05, 4.69) is 25.7 Å². The zero-order valence-electron chi connectivity index (χ0n) is 16.0. The predicted octanol–water partition coefficient (Wildman–Crippen LogP) is 3.20. The van der Waals surface area contributed by atoms with E-state index in [4.69, 9.17) is 23.2 Å². The molecule has 1 saturated carbocycles. The molecule has 2 N–H and O–H groups in total. The van der Waals surface area contributed by atoms with Gasteiger partial charge in [0.2, 0.25) is 5.82 Å². The summed E-state index contributed by atoms with van der Waals surface area (Å²) in [5, 5.41) is 12.7. The van der Waals surface area contributed by atoms with E-state index in [1.807, 2.05) is 24.7 Å². The predicted molar refractivity (Wildman–Crippen MR) is 111 cm³/mol. The van der Waals surface area contributed by atoms with Crippen LogP contribution in [-0.4, -0.2) is 39.0 Å². The first-order valence-electron chi connectivity index (χ1n) is 9.60. The number of rotatable bonds is 6. The van der Waals surface area contributed by atoms with Crippen molar-refractivity contribution in [2.45, 2.75) is 38.6 Å². The smallest absolute Gasteiger partial charge is 0.336 e. The van der Waals surface area contributed by atoms with E-state index in [1.165, 1.54) is 25.7 Å². The average molecular weight is 421 g/mol. The van der Waals surface area contributed by atoms with Crippen LogP contribution in [0.25, 0.3) is 16.9 Å². The number of nitrogens with zero attached hydrogens (tertiary/aromatic N) is 5. The summed E-state index contributed by atoms with van der Waals surface area (Å²) in [6.45, 7) is 3.52. The second-order valence-electron chi connectivity index (χ2n) is 7.13. The molecule has 0 aliphatic heterocycles. The summed E-state index contributed by atoms with van der Waals surface area (Å²) in [5.41, 5.74) is 2.00. The maximum absolute atomic E-state index is 6.42. The third-order valence-electron chi connectivity index (χ3n) is 5.07. The highest BCUT2D eigenvalue weighted by molar-refractivity contribution is 6.37. The minimum Gasteiger partial charge on any atom is -0.365 e. The van der Waals surface area contributed by atoms with Gasteiger partial charge in [0.15, 0.2) is 11.5 Å². The summed E-state index contributed by atoms with van der Waals surface area (Å²) >= 11 is 12.8. The topological polar surface area (TPSA) is 71.5 Å². The molecule has 0 radical (unpaired) electrons. The summed E-state index contributed by atoms with van der Waals surface area (Å²) < 4.78 is 1.82. The van der Waals surface area contributed by atoms with Crippen molar-refractivity contribution in [2.24, 2.45) is 7.05 Å². The van der Waals surface area contributed by atoms with Crippen LogP contribution >= 0.6 is 23.2 Å². The molecule has 2 aromatic heterocycles. The standard InChI is InChI=1S/C19H23Cl2N7/c1-12-24-18(23-11-10-22-13-6-3-4-7-13)16-19(25-12)28(27(2)26-16)17-14(20)8-5-9-15(17)21/h5,8-9,13,22H,3-4,6-7,10-11H2,1-2H3/p+1. The molecule has 1 aliphatic rings. The van der Waals surface area contributed by atoms with E-state index in [0.717, 1.165) is 13.1 Å². The number of halogens is 2. The van der Waals surface area contributed by atoms with Crippen molar-refractivity contribution in [1.29, 1.82) is 0 Å². The molecule has 1 aliphatic carbocycles. The van der Waals surface area contributed by atoms with Crippen molar-refractivity contribution in [2.75, 3.05) is 18.4 Å². The quantitative estimate of drug-likeness (QED) is 0.473. The number of hydrogen-bond donors (Lipinski definition) is 2. The van der Waals surface area contributed by atoms with Crippen LogP contribution < -0.4 is 15.3 Å². The van der Waals surface area contributed by atoms with Crippen LogP contribution in [0.1, 0.15) is 31.5 Å². The molecule has 148 valence electrons. The Morgan fingerprint density at radius 1 is 1.14 bits per heavy atom. The van der Waals surface area contributed by atoms with Gasteiger partial charge in [-0.3, -0.25) is 0 Å². The zero-order valence-corrected chi connectivity index (χ0v) is 17.6. The van der Waals surface area contributed by atoms with E-state index < -0.39 is 0 Å². The third kappa shape index (κ3) is 3.79. The van der Waals surface area contributed by atoms with Crippen LogP contribution in [0.3, 0.4) is 0 Å². The van der Waals surface area contributed by atoms with Crippen molar-refractivity contribution in [3.63, 3.8) is 0 Å². The first-order chi connectivity index (χ1) is 13.5. The number of aromatic nitrogens is 5. The molecule has 0 unspecified atom stereocenters. The van der Waals surface area contributed by atoms with E-state index in [1.54, 1.807) is 16.9 Å².